The first-order valence-corrected chi connectivity index (χ1v) is 6.29. The third kappa shape index (κ3) is 2.97. The SMILES string of the molecule is Cc1cc(NC(=O)C2=NNC(=O)CC2)sc1C(=O)O. The van der Waals surface area contributed by atoms with E-state index in [9.17, 15) is 14.4 Å². The Morgan fingerprint density at radius 1 is 1.47 bits per heavy atom. The van der Waals surface area contributed by atoms with Crippen molar-refractivity contribution in [3.8, 4) is 0 Å². The lowest BCUT2D eigenvalue weighted by Gasteiger charge is -2.10. The van der Waals surface area contributed by atoms with Crippen molar-refractivity contribution in [3.63, 3.8) is 0 Å². The van der Waals surface area contributed by atoms with E-state index in [1.807, 2.05) is 0 Å². The van der Waals surface area contributed by atoms with E-state index in [1.54, 1.807) is 13.0 Å². The van der Waals surface area contributed by atoms with Gasteiger partial charge in [0.1, 0.15) is 10.6 Å². The van der Waals surface area contributed by atoms with E-state index in [0.29, 0.717) is 10.6 Å². The van der Waals surface area contributed by atoms with Gasteiger partial charge < -0.3 is 10.4 Å². The summed E-state index contributed by atoms with van der Waals surface area (Å²) in [5, 5.41) is 15.6. The van der Waals surface area contributed by atoms with Crippen LogP contribution in [0.4, 0.5) is 5.00 Å². The number of anilines is 1. The van der Waals surface area contributed by atoms with Crippen LogP contribution < -0.4 is 10.7 Å². The molecule has 1 aromatic heterocycles. The molecule has 8 heteroatoms. The average molecular weight is 281 g/mol. The number of carboxylic acids is 1. The lowest BCUT2D eigenvalue weighted by Crippen LogP contribution is -2.32. The highest BCUT2D eigenvalue weighted by Crippen LogP contribution is 2.26. The van der Waals surface area contributed by atoms with Gasteiger partial charge in [0, 0.05) is 12.8 Å². The number of aromatic carboxylic acids is 1. The van der Waals surface area contributed by atoms with Crippen LogP contribution in [0.25, 0.3) is 0 Å². The fourth-order valence-corrected chi connectivity index (χ4v) is 2.48. The number of nitrogens with zero attached hydrogens (tertiary/aromatic N) is 1. The van der Waals surface area contributed by atoms with Crippen LogP contribution in [0.3, 0.4) is 0 Å². The van der Waals surface area contributed by atoms with Crippen molar-refractivity contribution in [1.82, 2.24) is 5.43 Å². The molecule has 0 fully saturated rings. The predicted molar refractivity (Wildman–Crippen MR) is 69.5 cm³/mol. The van der Waals surface area contributed by atoms with Gasteiger partial charge in [0.2, 0.25) is 5.91 Å². The Morgan fingerprint density at radius 2 is 2.21 bits per heavy atom. The van der Waals surface area contributed by atoms with Gasteiger partial charge in [-0.1, -0.05) is 0 Å². The molecule has 19 heavy (non-hydrogen) atoms. The van der Waals surface area contributed by atoms with E-state index in [4.69, 9.17) is 5.11 Å². The van der Waals surface area contributed by atoms with E-state index in [0.717, 1.165) is 11.3 Å². The fraction of sp³-hybridized carbons (Fsp3) is 0.273. The van der Waals surface area contributed by atoms with Crippen molar-refractivity contribution in [2.24, 2.45) is 5.10 Å². The minimum absolute atomic E-state index is 0.189. The number of hydrogen-bond donors (Lipinski definition) is 3. The maximum absolute atomic E-state index is 11.8. The predicted octanol–water partition coefficient (Wildman–Crippen LogP) is 0.959. The van der Waals surface area contributed by atoms with Crippen molar-refractivity contribution in [1.29, 1.82) is 0 Å². The molecule has 3 N–H and O–H groups in total. The molecule has 1 aliphatic heterocycles. The zero-order chi connectivity index (χ0) is 14.0. The maximum atomic E-state index is 11.8. The molecule has 1 aromatic rings. The third-order valence-corrected chi connectivity index (χ3v) is 3.66. The number of nitrogens with one attached hydrogen (secondary N) is 2. The molecule has 2 heterocycles. The Bertz CT molecular complexity index is 591. The first-order valence-electron chi connectivity index (χ1n) is 5.48. The lowest BCUT2D eigenvalue weighted by atomic mass is 10.1. The monoisotopic (exact) mass is 281 g/mol. The molecule has 0 bridgehead atoms. The molecule has 7 nitrogen and oxygen atoms in total. The quantitative estimate of drug-likeness (QED) is 0.766. The normalized spacial score (nSPS) is 14.6. The second-order valence-electron chi connectivity index (χ2n) is 3.98. The summed E-state index contributed by atoms with van der Waals surface area (Å²) in [5.41, 5.74) is 3.05. The molecular weight excluding hydrogens is 270 g/mol. The minimum Gasteiger partial charge on any atom is -0.477 e. The van der Waals surface area contributed by atoms with Crippen LogP contribution in [0.2, 0.25) is 0 Å². The van der Waals surface area contributed by atoms with Crippen LogP contribution >= 0.6 is 11.3 Å². The molecule has 0 saturated heterocycles. The van der Waals surface area contributed by atoms with Crippen molar-refractivity contribution in [2.75, 3.05) is 5.32 Å². The number of hydrazone groups is 1. The number of aryl methyl sites for hydroxylation is 1. The number of hydrogen-bond acceptors (Lipinski definition) is 5. The van der Waals surface area contributed by atoms with Gasteiger partial charge in [-0.25, -0.2) is 10.2 Å². The number of carbonyl (C=O) groups excluding carboxylic acids is 2. The highest BCUT2D eigenvalue weighted by molar-refractivity contribution is 7.18. The van der Waals surface area contributed by atoms with Crippen molar-refractivity contribution in [3.05, 3.63) is 16.5 Å². The lowest BCUT2D eigenvalue weighted by molar-refractivity contribution is -0.121. The summed E-state index contributed by atoms with van der Waals surface area (Å²) < 4.78 is 0. The number of carboxylic acid groups (broad SMARTS) is 1. The Morgan fingerprint density at radius 3 is 2.74 bits per heavy atom. The van der Waals surface area contributed by atoms with E-state index in [2.05, 4.69) is 15.8 Å². The standard InChI is InChI=1S/C11H11N3O4S/c1-5-4-8(19-9(5)11(17)18)12-10(16)6-2-3-7(15)14-13-6/h4H,2-3H2,1H3,(H,12,16)(H,14,15)(H,17,18). The molecule has 1 aliphatic rings. The Balaban J connectivity index is 2.09. The summed E-state index contributed by atoms with van der Waals surface area (Å²) in [4.78, 5) is 33.8. The summed E-state index contributed by atoms with van der Waals surface area (Å²) in [6, 6.07) is 1.59. The van der Waals surface area contributed by atoms with Crippen molar-refractivity contribution < 1.29 is 19.5 Å². The van der Waals surface area contributed by atoms with E-state index in [-0.39, 0.29) is 29.3 Å². The Hall–Kier alpha value is -2.22. The third-order valence-electron chi connectivity index (χ3n) is 2.52. The number of thiophene rings is 1. The Kier molecular flexibility index (Phi) is 3.61. The summed E-state index contributed by atoms with van der Waals surface area (Å²) in [6.07, 6.45) is 0.490. The van der Waals surface area contributed by atoms with Gasteiger partial charge >= 0.3 is 5.97 Å². The van der Waals surface area contributed by atoms with Crippen LogP contribution in [0.1, 0.15) is 28.1 Å². The fourth-order valence-electron chi connectivity index (χ4n) is 1.58. The Labute approximate surface area is 112 Å². The molecule has 0 aromatic carbocycles. The molecule has 2 rings (SSSR count). The summed E-state index contributed by atoms with van der Waals surface area (Å²) in [7, 11) is 0. The summed E-state index contributed by atoms with van der Waals surface area (Å²) >= 11 is 0.987. The van der Waals surface area contributed by atoms with Crippen LogP contribution in [0, 0.1) is 6.92 Å². The van der Waals surface area contributed by atoms with Gasteiger partial charge in [0.25, 0.3) is 5.91 Å². The minimum atomic E-state index is -1.02. The van der Waals surface area contributed by atoms with Gasteiger partial charge in [0.15, 0.2) is 0 Å². The molecule has 0 radical (unpaired) electrons. The zero-order valence-electron chi connectivity index (χ0n) is 10.0. The van der Waals surface area contributed by atoms with Crippen LogP contribution in [-0.2, 0) is 9.59 Å². The second kappa shape index (κ2) is 5.19. The average Bonchev–Trinajstić information content (AvgIpc) is 2.71. The molecule has 0 atom stereocenters. The van der Waals surface area contributed by atoms with E-state index < -0.39 is 11.9 Å². The highest BCUT2D eigenvalue weighted by Gasteiger charge is 2.20. The van der Waals surface area contributed by atoms with Crippen LogP contribution in [0.15, 0.2) is 11.2 Å². The molecule has 0 saturated carbocycles. The number of carbonyl (C=O) groups is 3. The van der Waals surface area contributed by atoms with E-state index in [1.165, 1.54) is 0 Å². The first kappa shape index (κ1) is 13.2. The first-order chi connectivity index (χ1) is 8.97. The van der Waals surface area contributed by atoms with Gasteiger partial charge in [-0.15, -0.1) is 11.3 Å². The van der Waals surface area contributed by atoms with Gasteiger partial charge in [-0.05, 0) is 18.6 Å². The molecular formula is C11H11N3O4S. The largest absolute Gasteiger partial charge is 0.477 e. The number of rotatable bonds is 3. The summed E-state index contributed by atoms with van der Waals surface area (Å²) in [6.45, 7) is 1.66. The number of amides is 2. The van der Waals surface area contributed by atoms with Crippen LogP contribution in [-0.4, -0.2) is 28.6 Å². The molecule has 0 spiro atoms. The van der Waals surface area contributed by atoms with Crippen molar-refractivity contribution >= 4 is 39.8 Å². The van der Waals surface area contributed by atoms with Gasteiger partial charge in [0.05, 0.1) is 5.00 Å². The molecule has 2 amide bonds. The summed E-state index contributed by atoms with van der Waals surface area (Å²) in [5.74, 6) is -1.68. The van der Waals surface area contributed by atoms with Gasteiger partial charge in [-0.3, -0.25) is 9.59 Å². The topological polar surface area (TPSA) is 108 Å². The maximum Gasteiger partial charge on any atom is 0.346 e. The highest BCUT2D eigenvalue weighted by atomic mass is 32.1. The van der Waals surface area contributed by atoms with E-state index >= 15 is 0 Å². The second-order valence-corrected chi connectivity index (χ2v) is 5.03. The van der Waals surface area contributed by atoms with Crippen LogP contribution in [0.5, 0.6) is 0 Å². The van der Waals surface area contributed by atoms with Crippen molar-refractivity contribution in [2.45, 2.75) is 19.8 Å². The van der Waals surface area contributed by atoms with Gasteiger partial charge in [-0.2, -0.15) is 5.10 Å². The smallest absolute Gasteiger partial charge is 0.346 e. The zero-order valence-corrected chi connectivity index (χ0v) is 10.8. The molecule has 0 unspecified atom stereocenters. The molecule has 0 aliphatic carbocycles. The molecule has 100 valence electrons.